The predicted molar refractivity (Wildman–Crippen MR) is 103 cm³/mol. The van der Waals surface area contributed by atoms with E-state index in [2.05, 4.69) is 10.3 Å². The minimum absolute atomic E-state index is 0.0916. The second-order valence-electron chi connectivity index (χ2n) is 6.00. The molecule has 0 saturated heterocycles. The van der Waals surface area contributed by atoms with Gasteiger partial charge in [0.2, 0.25) is 5.91 Å². The van der Waals surface area contributed by atoms with E-state index >= 15 is 0 Å². The van der Waals surface area contributed by atoms with Gasteiger partial charge in [-0.05, 0) is 24.6 Å². The van der Waals surface area contributed by atoms with Crippen LogP contribution < -0.4 is 5.32 Å². The first-order chi connectivity index (χ1) is 12.5. The van der Waals surface area contributed by atoms with Gasteiger partial charge in [-0.3, -0.25) is 4.79 Å². The number of carbonyl (C=O) groups is 1. The maximum absolute atomic E-state index is 12.0. The molecular weight excluding hydrogens is 371 g/mol. The van der Waals surface area contributed by atoms with Gasteiger partial charge in [-0.1, -0.05) is 59.1 Å². The van der Waals surface area contributed by atoms with Gasteiger partial charge in [-0.15, -0.1) is 0 Å². The van der Waals surface area contributed by atoms with Crippen molar-refractivity contribution in [2.24, 2.45) is 0 Å². The average molecular weight is 389 g/mol. The van der Waals surface area contributed by atoms with Crippen molar-refractivity contribution in [1.82, 2.24) is 10.3 Å². The van der Waals surface area contributed by atoms with Crippen LogP contribution in [0.5, 0.6) is 0 Å². The molecule has 26 heavy (non-hydrogen) atoms. The summed E-state index contributed by atoms with van der Waals surface area (Å²) in [6.07, 6.45) is 2.41. The van der Waals surface area contributed by atoms with E-state index < -0.39 is 0 Å². The van der Waals surface area contributed by atoms with E-state index in [4.69, 9.17) is 27.6 Å². The first-order valence-electron chi connectivity index (χ1n) is 8.23. The van der Waals surface area contributed by atoms with E-state index in [-0.39, 0.29) is 5.91 Å². The molecule has 4 nitrogen and oxygen atoms in total. The quantitative estimate of drug-likeness (QED) is 0.630. The molecule has 0 aliphatic rings. The number of oxazole rings is 1. The summed E-state index contributed by atoms with van der Waals surface area (Å²) >= 11 is 12.0. The van der Waals surface area contributed by atoms with E-state index in [9.17, 15) is 4.79 Å². The summed E-state index contributed by atoms with van der Waals surface area (Å²) in [7, 11) is 0. The minimum Gasteiger partial charge on any atom is -0.441 e. The topological polar surface area (TPSA) is 55.1 Å². The van der Waals surface area contributed by atoms with Crippen molar-refractivity contribution in [2.75, 3.05) is 0 Å². The van der Waals surface area contributed by atoms with Gasteiger partial charge in [-0.25, -0.2) is 4.98 Å². The Balaban J connectivity index is 1.51. The Labute approximate surface area is 162 Å². The molecule has 3 aromatic rings. The van der Waals surface area contributed by atoms with Crippen molar-refractivity contribution >= 4 is 29.1 Å². The monoisotopic (exact) mass is 388 g/mol. The first kappa shape index (κ1) is 18.5. The van der Waals surface area contributed by atoms with Gasteiger partial charge in [0.15, 0.2) is 11.7 Å². The van der Waals surface area contributed by atoms with Crippen molar-refractivity contribution in [3.63, 3.8) is 0 Å². The van der Waals surface area contributed by atoms with Crippen LogP contribution in [0.15, 0.2) is 53.1 Å². The lowest BCUT2D eigenvalue weighted by Crippen LogP contribution is -2.23. The number of rotatable bonds is 6. The van der Waals surface area contributed by atoms with E-state index in [1.807, 2.05) is 31.2 Å². The van der Waals surface area contributed by atoms with Crippen LogP contribution in [-0.2, 0) is 17.8 Å². The fourth-order valence-electron chi connectivity index (χ4n) is 2.44. The molecule has 1 amide bonds. The number of aryl methyl sites for hydroxylation is 2. The molecule has 0 aliphatic carbocycles. The highest BCUT2D eigenvalue weighted by Crippen LogP contribution is 2.22. The third-order valence-electron chi connectivity index (χ3n) is 3.95. The molecule has 0 spiro atoms. The lowest BCUT2D eigenvalue weighted by molar-refractivity contribution is -0.121. The molecule has 6 heteroatoms. The van der Waals surface area contributed by atoms with Crippen molar-refractivity contribution in [3.8, 4) is 11.3 Å². The van der Waals surface area contributed by atoms with Crippen LogP contribution in [-0.4, -0.2) is 10.9 Å². The van der Waals surface area contributed by atoms with E-state index in [1.165, 1.54) is 5.56 Å². The summed E-state index contributed by atoms with van der Waals surface area (Å²) < 4.78 is 5.73. The molecule has 1 aromatic heterocycles. The van der Waals surface area contributed by atoms with Crippen LogP contribution in [0.3, 0.4) is 0 Å². The third kappa shape index (κ3) is 4.87. The Morgan fingerprint density at radius 1 is 1.15 bits per heavy atom. The largest absolute Gasteiger partial charge is 0.441 e. The average Bonchev–Trinajstić information content (AvgIpc) is 3.09. The van der Waals surface area contributed by atoms with Crippen molar-refractivity contribution in [2.45, 2.75) is 26.3 Å². The maximum Gasteiger partial charge on any atom is 0.220 e. The summed E-state index contributed by atoms with van der Waals surface area (Å²) in [5.74, 6) is 1.15. The van der Waals surface area contributed by atoms with Gasteiger partial charge in [0.1, 0.15) is 0 Å². The molecule has 0 saturated carbocycles. The molecule has 1 N–H and O–H groups in total. The van der Waals surface area contributed by atoms with Crippen LogP contribution in [0.1, 0.15) is 23.4 Å². The smallest absolute Gasteiger partial charge is 0.220 e. The Kier molecular flexibility index (Phi) is 5.96. The highest BCUT2D eigenvalue weighted by Gasteiger charge is 2.10. The Bertz CT molecular complexity index is 904. The molecule has 0 aliphatic heterocycles. The third-order valence-corrected chi connectivity index (χ3v) is 4.53. The lowest BCUT2D eigenvalue weighted by atomic mass is 10.1. The van der Waals surface area contributed by atoms with E-state index in [0.29, 0.717) is 41.1 Å². The Hall–Kier alpha value is -2.30. The predicted octanol–water partition coefficient (Wildman–Crippen LogP) is 5.21. The molecule has 134 valence electrons. The number of amides is 1. The normalized spacial score (nSPS) is 10.7. The summed E-state index contributed by atoms with van der Waals surface area (Å²) in [5, 5.41) is 3.94. The number of carbonyl (C=O) groups excluding carboxylic acids is 1. The number of nitrogens with zero attached hydrogens (tertiary/aromatic N) is 1. The fourth-order valence-corrected chi connectivity index (χ4v) is 2.92. The second kappa shape index (κ2) is 8.39. The van der Waals surface area contributed by atoms with Gasteiger partial charge < -0.3 is 9.73 Å². The van der Waals surface area contributed by atoms with Crippen LogP contribution in [0, 0.1) is 6.92 Å². The number of aromatic nitrogens is 1. The number of benzene rings is 2. The Morgan fingerprint density at radius 3 is 2.65 bits per heavy atom. The standard InChI is InChI=1S/C20H18Cl2N2O2/c1-13-2-4-14(5-3-13)18-12-24-20(26-18)9-8-19(25)23-11-15-6-7-16(21)10-17(15)22/h2-7,10,12H,8-9,11H2,1H3,(H,23,25). The summed E-state index contributed by atoms with van der Waals surface area (Å²) in [5.41, 5.74) is 2.98. The van der Waals surface area contributed by atoms with Gasteiger partial charge in [0, 0.05) is 35.0 Å². The zero-order valence-electron chi connectivity index (χ0n) is 14.3. The highest BCUT2D eigenvalue weighted by atomic mass is 35.5. The zero-order valence-corrected chi connectivity index (χ0v) is 15.8. The van der Waals surface area contributed by atoms with Crippen molar-refractivity contribution < 1.29 is 9.21 Å². The van der Waals surface area contributed by atoms with Gasteiger partial charge in [0.05, 0.1) is 6.20 Å². The maximum atomic E-state index is 12.0. The van der Waals surface area contributed by atoms with E-state index in [0.717, 1.165) is 11.1 Å². The van der Waals surface area contributed by atoms with Crippen molar-refractivity contribution in [3.05, 3.63) is 75.7 Å². The number of hydrogen-bond acceptors (Lipinski definition) is 3. The molecule has 0 bridgehead atoms. The van der Waals surface area contributed by atoms with Crippen LogP contribution in [0.2, 0.25) is 10.0 Å². The van der Waals surface area contributed by atoms with Crippen LogP contribution >= 0.6 is 23.2 Å². The molecule has 0 fully saturated rings. The SMILES string of the molecule is Cc1ccc(-c2cnc(CCC(=O)NCc3ccc(Cl)cc3Cl)o2)cc1. The highest BCUT2D eigenvalue weighted by molar-refractivity contribution is 6.35. The van der Waals surface area contributed by atoms with Crippen molar-refractivity contribution in [1.29, 1.82) is 0 Å². The molecule has 0 unspecified atom stereocenters. The van der Waals surface area contributed by atoms with Gasteiger partial charge in [-0.2, -0.15) is 0 Å². The summed E-state index contributed by atoms with van der Waals surface area (Å²) in [6, 6.07) is 13.2. The number of halogens is 2. The number of hydrogen-bond donors (Lipinski definition) is 1. The Morgan fingerprint density at radius 2 is 1.92 bits per heavy atom. The summed E-state index contributed by atoms with van der Waals surface area (Å²) in [6.45, 7) is 2.39. The van der Waals surface area contributed by atoms with Crippen LogP contribution in [0.4, 0.5) is 0 Å². The molecule has 3 rings (SSSR count). The molecule has 2 aromatic carbocycles. The molecular formula is C20H18Cl2N2O2. The first-order valence-corrected chi connectivity index (χ1v) is 8.99. The molecule has 0 radical (unpaired) electrons. The second-order valence-corrected chi connectivity index (χ2v) is 6.84. The molecule has 0 atom stereocenters. The lowest BCUT2D eigenvalue weighted by Gasteiger charge is -2.06. The fraction of sp³-hybridized carbons (Fsp3) is 0.200. The molecule has 1 heterocycles. The van der Waals surface area contributed by atoms with E-state index in [1.54, 1.807) is 24.4 Å². The zero-order chi connectivity index (χ0) is 18.5. The summed E-state index contributed by atoms with van der Waals surface area (Å²) in [4.78, 5) is 16.3. The van der Waals surface area contributed by atoms with Gasteiger partial charge >= 0.3 is 0 Å². The van der Waals surface area contributed by atoms with Crippen LogP contribution in [0.25, 0.3) is 11.3 Å². The minimum atomic E-state index is -0.0916. The van der Waals surface area contributed by atoms with Gasteiger partial charge in [0.25, 0.3) is 0 Å². The number of nitrogens with one attached hydrogen (secondary N) is 1.